The maximum absolute atomic E-state index is 11.1. The zero-order valence-corrected chi connectivity index (χ0v) is 41.8. The third-order valence-electron chi connectivity index (χ3n) is 7.56. The minimum atomic E-state index is -4.67. The fraction of sp³-hybridized carbons (Fsp3) is 0.263. The van der Waals surface area contributed by atoms with Gasteiger partial charge in [0.25, 0.3) is 0 Å². The number of ketones is 2. The molecule has 0 amide bonds. The van der Waals surface area contributed by atoms with Crippen molar-refractivity contribution < 1.29 is 187 Å². The Bertz CT molecular complexity index is 1750. The summed E-state index contributed by atoms with van der Waals surface area (Å²) in [4.78, 5) is 42.8. The molecular formula is C38H48KO16RbS. The molecule has 4 aromatic rings. The molecule has 0 aromatic heterocycles. The summed E-state index contributed by atoms with van der Waals surface area (Å²) in [6, 6.07) is 11.4. The van der Waals surface area contributed by atoms with E-state index in [1.54, 1.807) is 27.7 Å². The number of aromatic hydroxyl groups is 4. The van der Waals surface area contributed by atoms with Crippen molar-refractivity contribution in [2.75, 3.05) is 0 Å². The van der Waals surface area contributed by atoms with Crippen LogP contribution in [-0.2, 0) is 10.4 Å². The van der Waals surface area contributed by atoms with Crippen molar-refractivity contribution in [3.63, 3.8) is 0 Å². The summed E-state index contributed by atoms with van der Waals surface area (Å²) in [7, 11) is -4.67. The van der Waals surface area contributed by atoms with Gasteiger partial charge in [-0.1, -0.05) is 19.1 Å². The Kier molecular flexibility index (Phi) is 32.1. The van der Waals surface area contributed by atoms with Gasteiger partial charge in [0, 0.05) is 22.3 Å². The van der Waals surface area contributed by atoms with Crippen LogP contribution in [0.1, 0.15) is 102 Å². The zero-order chi connectivity index (χ0) is 41.7. The van der Waals surface area contributed by atoms with Gasteiger partial charge in [0.05, 0.1) is 11.1 Å². The first-order valence-corrected chi connectivity index (χ1v) is 16.6. The standard InChI is InChI=1S/C11H14O.2C9H10O3.C8H8O4.CH4.K.H2O4S.H2O.Rb/c1-7-5-11(10(4)12)6-8(2)9(7)3;1-5-8(11)3-7(6(2)10)4-9(5)12;1-5-3-7(9(11)12)4-8(10)6(5)2;1-4-6(9)2-5(8(11)12)3-7(4)10;;;1-5(2,3)4;;/h5-6H,1-4H3;3-4,11-12H,1-2H3;3-4,10H,1-2H3,(H,11,12);2-3,9-10H,1H3,(H,11,12);1H4;;(H2,1,2,3,4);1H2;/q;;;;;+1;;;+1/p-2. The number of carboxylic acid groups (broad SMARTS) is 2. The molecule has 304 valence electrons. The van der Waals surface area contributed by atoms with E-state index < -0.39 is 22.3 Å². The SMILES string of the molecule is C.CC(=O)c1cc(C)c(C)c(C)c1.CC(=O)c1cc(O)c(C)c(O)c1.Cc1c(O)cc(C(=O)O)cc1O.Cc1cc(C(=O)O)cc([O-])c1C.O=S(=O)(O)O.[K+].[OH-].[Rb+]. The number of phenols is 4. The molecule has 57 heavy (non-hydrogen) atoms. The van der Waals surface area contributed by atoms with Gasteiger partial charge in [0.1, 0.15) is 23.0 Å². The summed E-state index contributed by atoms with van der Waals surface area (Å²) in [6.07, 6.45) is 0. The molecule has 0 atom stereocenters. The summed E-state index contributed by atoms with van der Waals surface area (Å²) in [6.45, 7) is 15.6. The first-order chi connectivity index (χ1) is 24.1. The van der Waals surface area contributed by atoms with Crippen LogP contribution in [0.25, 0.3) is 0 Å². The number of hydrogen-bond donors (Lipinski definition) is 8. The van der Waals surface area contributed by atoms with Crippen LogP contribution in [0.4, 0.5) is 0 Å². The molecule has 9 N–H and O–H groups in total. The maximum atomic E-state index is 11.1. The van der Waals surface area contributed by atoms with Crippen LogP contribution in [-0.4, -0.2) is 77.1 Å². The molecule has 0 radical (unpaired) electrons. The van der Waals surface area contributed by atoms with Crippen LogP contribution in [0, 0.1) is 48.5 Å². The van der Waals surface area contributed by atoms with Crippen molar-refractivity contribution in [2.24, 2.45) is 0 Å². The van der Waals surface area contributed by atoms with E-state index in [1.165, 1.54) is 48.7 Å². The van der Waals surface area contributed by atoms with Gasteiger partial charge >= 0.3 is 132 Å². The molecular weight excluding hydrogens is 869 g/mol. The molecule has 0 saturated heterocycles. The van der Waals surface area contributed by atoms with Crippen molar-refractivity contribution in [2.45, 2.75) is 69.7 Å². The Morgan fingerprint density at radius 3 is 1.00 bits per heavy atom. The topological polar surface area (TPSA) is 317 Å². The number of carbonyl (C=O) groups is 4. The minimum absolute atomic E-state index is 0. The number of aryl methyl sites for hydroxylation is 3. The molecule has 4 rings (SSSR count). The quantitative estimate of drug-likeness (QED) is 0.0781. The minimum Gasteiger partial charge on any atom is -0.872 e. The maximum Gasteiger partial charge on any atom is 1.00 e. The fourth-order valence-electron chi connectivity index (χ4n) is 3.88. The van der Waals surface area contributed by atoms with Gasteiger partial charge in [-0.25, -0.2) is 9.59 Å². The van der Waals surface area contributed by atoms with Gasteiger partial charge in [0.15, 0.2) is 11.6 Å². The number of benzene rings is 4. The van der Waals surface area contributed by atoms with Crippen LogP contribution in [0.3, 0.4) is 0 Å². The van der Waals surface area contributed by atoms with Crippen molar-refractivity contribution in [3.8, 4) is 28.7 Å². The molecule has 0 bridgehead atoms. The molecule has 16 nitrogen and oxygen atoms in total. The Morgan fingerprint density at radius 2 is 0.737 bits per heavy atom. The number of carbonyl (C=O) groups excluding carboxylic acids is 2. The molecule has 0 fully saturated rings. The summed E-state index contributed by atoms with van der Waals surface area (Å²) in [5.74, 6) is -3.04. The van der Waals surface area contributed by atoms with Crippen LogP contribution >= 0.6 is 0 Å². The van der Waals surface area contributed by atoms with E-state index in [4.69, 9.17) is 37.9 Å². The number of phenolic OH excluding ortho intramolecular Hbond substituents is 4. The van der Waals surface area contributed by atoms with E-state index in [1.807, 2.05) is 26.0 Å². The Hall–Kier alpha value is -2.57. The average molecular weight is 917 g/mol. The van der Waals surface area contributed by atoms with Gasteiger partial charge in [-0.3, -0.25) is 18.7 Å². The molecule has 0 aliphatic heterocycles. The predicted molar refractivity (Wildman–Crippen MR) is 202 cm³/mol. The Labute approximate surface area is 423 Å². The number of rotatable bonds is 4. The smallest absolute Gasteiger partial charge is 0.872 e. The van der Waals surface area contributed by atoms with E-state index in [9.17, 15) is 34.5 Å². The first kappa shape index (κ1) is 63.6. The van der Waals surface area contributed by atoms with E-state index in [0.29, 0.717) is 16.7 Å². The predicted octanol–water partition coefficient (Wildman–Crippen LogP) is 0.417. The average Bonchev–Trinajstić information content (AvgIpc) is 3.02. The third-order valence-corrected chi connectivity index (χ3v) is 7.56. The van der Waals surface area contributed by atoms with Crippen molar-refractivity contribution >= 4 is 33.9 Å². The van der Waals surface area contributed by atoms with E-state index in [2.05, 4.69) is 6.92 Å². The van der Waals surface area contributed by atoms with Crippen molar-refractivity contribution in [1.29, 1.82) is 0 Å². The molecule has 19 heteroatoms. The van der Waals surface area contributed by atoms with Crippen LogP contribution < -0.4 is 115 Å². The van der Waals surface area contributed by atoms with Crippen molar-refractivity contribution in [1.82, 2.24) is 0 Å². The number of carboxylic acids is 2. The second kappa shape index (κ2) is 28.8. The van der Waals surface area contributed by atoms with Gasteiger partial charge in [-0.2, -0.15) is 8.42 Å². The molecule has 4 aromatic carbocycles. The van der Waals surface area contributed by atoms with Gasteiger partial charge < -0.3 is 41.2 Å². The second-order valence-corrected chi connectivity index (χ2v) is 12.5. The normalized spacial score (nSPS) is 9.32. The van der Waals surface area contributed by atoms with Gasteiger partial charge in [-0.05, 0) is 127 Å². The van der Waals surface area contributed by atoms with Gasteiger partial charge in [-0.15, -0.1) is 5.75 Å². The molecule has 0 aliphatic carbocycles. The second-order valence-electron chi connectivity index (χ2n) is 11.6. The summed E-state index contributed by atoms with van der Waals surface area (Å²) in [5.41, 5.74) is 6.73. The van der Waals surface area contributed by atoms with Crippen LogP contribution in [0.2, 0.25) is 0 Å². The van der Waals surface area contributed by atoms with E-state index in [0.717, 1.165) is 29.3 Å². The van der Waals surface area contributed by atoms with E-state index in [-0.39, 0.29) is 179 Å². The summed E-state index contributed by atoms with van der Waals surface area (Å²) >= 11 is 0. The fourth-order valence-corrected chi connectivity index (χ4v) is 3.88. The number of aromatic carboxylic acids is 2. The summed E-state index contributed by atoms with van der Waals surface area (Å²) < 4.78 is 31.6. The van der Waals surface area contributed by atoms with Crippen LogP contribution in [0.15, 0.2) is 48.5 Å². The molecule has 0 unspecified atom stereocenters. The molecule has 0 saturated carbocycles. The molecule has 0 spiro atoms. The Balaban J connectivity index is -0.000000198. The summed E-state index contributed by atoms with van der Waals surface area (Å²) in [5, 5.41) is 64.8. The third kappa shape index (κ3) is 23.6. The van der Waals surface area contributed by atoms with Crippen molar-refractivity contribution in [3.05, 3.63) is 110 Å². The Morgan fingerprint density at radius 1 is 0.509 bits per heavy atom. The van der Waals surface area contributed by atoms with Gasteiger partial charge in [0.2, 0.25) is 0 Å². The van der Waals surface area contributed by atoms with E-state index >= 15 is 0 Å². The number of Topliss-reactive ketones (excluding diaryl/α,β-unsaturated/α-hetero) is 2. The zero-order valence-electron chi connectivity index (χ0n) is 32.9. The largest absolute Gasteiger partial charge is 1.00 e. The number of hydrogen-bond acceptors (Lipinski definition) is 12. The molecule has 0 aliphatic rings. The van der Waals surface area contributed by atoms with Crippen LogP contribution in [0.5, 0.6) is 28.7 Å². The molecule has 0 heterocycles. The monoisotopic (exact) mass is 916 g/mol. The first-order valence-electron chi connectivity index (χ1n) is 15.2.